The van der Waals surface area contributed by atoms with E-state index in [0.29, 0.717) is 10.7 Å². The lowest BCUT2D eigenvalue weighted by Gasteiger charge is -1.99. The molecule has 1 aromatic rings. The smallest absolute Gasteiger partial charge is 0.313 e. The van der Waals surface area contributed by atoms with E-state index < -0.39 is 5.97 Å². The highest BCUT2D eigenvalue weighted by Crippen LogP contribution is 2.17. The molecule has 0 unspecified atom stereocenters. The monoisotopic (exact) mass is 226 g/mol. The zero-order chi connectivity index (χ0) is 11.3. The van der Waals surface area contributed by atoms with Crippen LogP contribution in [-0.2, 0) is 9.53 Å². The number of hydrogen-bond donors (Lipinski definition) is 1. The van der Waals surface area contributed by atoms with Crippen molar-refractivity contribution in [2.75, 3.05) is 7.11 Å². The lowest BCUT2D eigenvalue weighted by molar-refractivity contribution is -0.139. The maximum absolute atomic E-state index is 10.9. The van der Waals surface area contributed by atoms with Gasteiger partial charge in [-0.2, -0.15) is 0 Å². The van der Waals surface area contributed by atoms with E-state index in [4.69, 9.17) is 17.3 Å². The molecule has 80 valence electrons. The van der Waals surface area contributed by atoms with E-state index in [1.54, 1.807) is 24.3 Å². The molecule has 0 aromatic heterocycles. The number of hydrogen-bond acceptors (Lipinski definition) is 3. The highest BCUT2D eigenvalue weighted by atomic mass is 35.5. The van der Waals surface area contributed by atoms with Crippen LogP contribution in [0.2, 0.25) is 5.02 Å². The van der Waals surface area contributed by atoms with Crippen LogP contribution in [0.5, 0.6) is 0 Å². The predicted octanol–water partition coefficient (Wildman–Crippen LogP) is 1.89. The molecule has 0 spiro atoms. The first-order valence-corrected chi connectivity index (χ1v) is 4.65. The topological polar surface area (TPSA) is 64.7 Å². The highest BCUT2D eigenvalue weighted by molar-refractivity contribution is 6.30. The zero-order valence-electron chi connectivity index (χ0n) is 8.24. The summed E-state index contributed by atoms with van der Waals surface area (Å²) in [5.74, 6) is -0.220. The zero-order valence-corrected chi connectivity index (χ0v) is 8.99. The summed E-state index contributed by atoms with van der Waals surface area (Å²) in [4.78, 5) is 14.9. The van der Waals surface area contributed by atoms with Crippen LogP contribution < -0.4 is 5.73 Å². The summed E-state index contributed by atoms with van der Waals surface area (Å²) >= 11 is 5.76. The van der Waals surface area contributed by atoms with Crippen molar-refractivity contribution in [2.24, 2.45) is 10.7 Å². The number of esters is 1. The number of carbonyl (C=O) groups excluding carboxylic acids is 1. The molecule has 0 aliphatic rings. The van der Waals surface area contributed by atoms with Crippen LogP contribution in [-0.4, -0.2) is 18.9 Å². The molecular formula is C10H11ClN2O2. The minimum absolute atomic E-state index is 0.0248. The number of nitrogens with zero attached hydrogens (tertiary/aromatic N) is 1. The molecule has 0 saturated carbocycles. The molecule has 1 aromatic carbocycles. The Morgan fingerprint density at radius 3 is 2.93 bits per heavy atom. The second-order valence-corrected chi connectivity index (χ2v) is 3.27. The summed E-state index contributed by atoms with van der Waals surface area (Å²) in [5.41, 5.74) is 6.15. The number of halogens is 1. The largest absolute Gasteiger partial charge is 0.469 e. The number of benzene rings is 1. The first kappa shape index (κ1) is 11.5. The van der Waals surface area contributed by atoms with Crippen molar-refractivity contribution in [3.8, 4) is 0 Å². The Labute approximate surface area is 92.7 Å². The number of nitrogens with two attached hydrogens (primary N) is 1. The van der Waals surface area contributed by atoms with E-state index in [-0.39, 0.29) is 12.3 Å². The molecule has 1 rings (SSSR count). The Bertz CT molecular complexity index is 391. The van der Waals surface area contributed by atoms with Gasteiger partial charge in [0.05, 0.1) is 12.8 Å². The van der Waals surface area contributed by atoms with Gasteiger partial charge >= 0.3 is 5.97 Å². The highest BCUT2D eigenvalue weighted by Gasteiger charge is 2.03. The number of carbonyl (C=O) groups is 1. The van der Waals surface area contributed by atoms with Crippen molar-refractivity contribution in [3.63, 3.8) is 0 Å². The average Bonchev–Trinajstić information content (AvgIpc) is 2.17. The van der Waals surface area contributed by atoms with Crippen LogP contribution in [0.3, 0.4) is 0 Å². The predicted molar refractivity (Wildman–Crippen MR) is 59.4 cm³/mol. The van der Waals surface area contributed by atoms with Crippen molar-refractivity contribution in [1.29, 1.82) is 0 Å². The first-order valence-electron chi connectivity index (χ1n) is 4.27. The molecule has 5 heteroatoms. The molecule has 0 bridgehead atoms. The van der Waals surface area contributed by atoms with Gasteiger partial charge in [0.25, 0.3) is 0 Å². The second kappa shape index (κ2) is 5.36. The molecule has 0 fully saturated rings. The minimum Gasteiger partial charge on any atom is -0.469 e. The molecule has 0 amide bonds. The van der Waals surface area contributed by atoms with E-state index in [1.165, 1.54) is 7.11 Å². The quantitative estimate of drug-likeness (QED) is 0.486. The van der Waals surface area contributed by atoms with Gasteiger partial charge in [0, 0.05) is 5.02 Å². The Balaban J connectivity index is 2.74. The fourth-order valence-electron chi connectivity index (χ4n) is 0.971. The molecule has 15 heavy (non-hydrogen) atoms. The van der Waals surface area contributed by atoms with Crippen molar-refractivity contribution >= 4 is 29.1 Å². The molecule has 2 N–H and O–H groups in total. The summed E-state index contributed by atoms with van der Waals surface area (Å²) < 4.78 is 4.46. The molecule has 0 saturated heterocycles. The minimum atomic E-state index is -0.418. The van der Waals surface area contributed by atoms with E-state index >= 15 is 0 Å². The fourth-order valence-corrected chi connectivity index (χ4v) is 1.16. The van der Waals surface area contributed by atoms with Gasteiger partial charge in [-0.15, -0.1) is 0 Å². The van der Waals surface area contributed by atoms with Crippen LogP contribution in [0.1, 0.15) is 6.42 Å². The first-order chi connectivity index (χ1) is 7.11. The standard InChI is InChI=1S/C10H11ClN2O2/c1-15-10(14)6-9(12)13-8-4-2-3-7(11)5-8/h2-5H,6H2,1H3,(H2,12,13). The number of methoxy groups -OCH3 is 1. The Morgan fingerprint density at radius 1 is 1.60 bits per heavy atom. The SMILES string of the molecule is COC(=O)CC(N)=Nc1cccc(Cl)c1. The third-order valence-electron chi connectivity index (χ3n) is 1.63. The summed E-state index contributed by atoms with van der Waals surface area (Å²) in [7, 11) is 1.30. The molecule has 0 heterocycles. The van der Waals surface area contributed by atoms with Gasteiger partial charge in [0.15, 0.2) is 0 Å². The van der Waals surface area contributed by atoms with E-state index in [2.05, 4.69) is 9.73 Å². The van der Waals surface area contributed by atoms with E-state index in [9.17, 15) is 4.79 Å². The average molecular weight is 227 g/mol. The van der Waals surface area contributed by atoms with Crippen molar-refractivity contribution in [2.45, 2.75) is 6.42 Å². The number of amidine groups is 1. The number of ether oxygens (including phenoxy) is 1. The molecular weight excluding hydrogens is 216 g/mol. The number of aliphatic imine (C=N–C) groups is 1. The molecule has 0 atom stereocenters. The van der Waals surface area contributed by atoms with Gasteiger partial charge in [-0.1, -0.05) is 17.7 Å². The van der Waals surface area contributed by atoms with Gasteiger partial charge < -0.3 is 10.5 Å². The van der Waals surface area contributed by atoms with Gasteiger partial charge in [-0.25, -0.2) is 4.99 Å². The number of rotatable bonds is 3. The van der Waals surface area contributed by atoms with Crippen molar-refractivity contribution in [1.82, 2.24) is 0 Å². The lowest BCUT2D eigenvalue weighted by atomic mass is 10.3. The van der Waals surface area contributed by atoms with Crippen LogP contribution in [0, 0.1) is 0 Å². The Hall–Kier alpha value is -1.55. The Morgan fingerprint density at radius 2 is 2.33 bits per heavy atom. The van der Waals surface area contributed by atoms with Crippen LogP contribution in [0.4, 0.5) is 5.69 Å². The van der Waals surface area contributed by atoms with Crippen LogP contribution >= 0.6 is 11.6 Å². The van der Waals surface area contributed by atoms with E-state index in [1.807, 2.05) is 0 Å². The summed E-state index contributed by atoms with van der Waals surface area (Å²) in [6.07, 6.45) is -0.0248. The lowest BCUT2D eigenvalue weighted by Crippen LogP contribution is -2.17. The normalized spacial score (nSPS) is 11.2. The summed E-state index contributed by atoms with van der Waals surface area (Å²) in [6.45, 7) is 0. The Kier molecular flexibility index (Phi) is 4.12. The van der Waals surface area contributed by atoms with Gasteiger partial charge in [-0.3, -0.25) is 4.79 Å². The van der Waals surface area contributed by atoms with Gasteiger partial charge in [0.2, 0.25) is 0 Å². The molecule has 0 aliphatic carbocycles. The second-order valence-electron chi connectivity index (χ2n) is 2.84. The van der Waals surface area contributed by atoms with Crippen LogP contribution in [0.25, 0.3) is 0 Å². The van der Waals surface area contributed by atoms with Gasteiger partial charge in [-0.05, 0) is 18.2 Å². The summed E-state index contributed by atoms with van der Waals surface area (Å²) in [6, 6.07) is 6.89. The van der Waals surface area contributed by atoms with Gasteiger partial charge in [0.1, 0.15) is 12.3 Å². The third-order valence-corrected chi connectivity index (χ3v) is 1.87. The molecule has 0 radical (unpaired) electrons. The maximum atomic E-state index is 10.9. The van der Waals surface area contributed by atoms with Crippen molar-refractivity contribution in [3.05, 3.63) is 29.3 Å². The van der Waals surface area contributed by atoms with Crippen molar-refractivity contribution < 1.29 is 9.53 Å². The van der Waals surface area contributed by atoms with E-state index in [0.717, 1.165) is 0 Å². The summed E-state index contributed by atoms with van der Waals surface area (Å²) in [5, 5.41) is 0.571. The molecule has 4 nitrogen and oxygen atoms in total. The maximum Gasteiger partial charge on any atom is 0.313 e. The fraction of sp³-hybridized carbons (Fsp3) is 0.200. The van der Waals surface area contributed by atoms with Crippen LogP contribution in [0.15, 0.2) is 29.3 Å². The molecule has 0 aliphatic heterocycles. The third kappa shape index (κ3) is 3.99.